The number of anilines is 1. The molecule has 5 heteroatoms. The Bertz CT molecular complexity index is 408. The van der Waals surface area contributed by atoms with Gasteiger partial charge in [0, 0.05) is 5.54 Å². The average Bonchev–Trinajstić information content (AvgIpc) is 2.12. The van der Waals surface area contributed by atoms with E-state index in [0.717, 1.165) is 12.1 Å². The lowest BCUT2D eigenvalue weighted by Gasteiger charge is -2.24. The molecule has 0 aliphatic rings. The lowest BCUT2D eigenvalue weighted by Crippen LogP contribution is -2.40. The molecule has 2 nitrogen and oxygen atoms in total. The molecule has 18 heavy (non-hydrogen) atoms. The minimum atomic E-state index is -4.30. The predicted molar refractivity (Wildman–Crippen MR) is 67.4 cm³/mol. The molecule has 0 bridgehead atoms. The van der Waals surface area contributed by atoms with Crippen molar-refractivity contribution in [1.82, 2.24) is 5.43 Å². The van der Waals surface area contributed by atoms with Crippen molar-refractivity contribution in [3.8, 4) is 0 Å². The van der Waals surface area contributed by atoms with Crippen LogP contribution in [0, 0.1) is 13.8 Å². The van der Waals surface area contributed by atoms with Crippen LogP contribution in [0.1, 0.15) is 37.5 Å². The average molecular weight is 260 g/mol. The van der Waals surface area contributed by atoms with Gasteiger partial charge >= 0.3 is 6.18 Å². The van der Waals surface area contributed by atoms with Crippen LogP contribution in [0.4, 0.5) is 18.9 Å². The van der Waals surface area contributed by atoms with Crippen LogP contribution >= 0.6 is 0 Å². The van der Waals surface area contributed by atoms with Crippen molar-refractivity contribution in [2.75, 3.05) is 5.43 Å². The number of aryl methyl sites for hydroxylation is 2. The second-order valence-corrected chi connectivity index (χ2v) is 5.48. The zero-order valence-corrected chi connectivity index (χ0v) is 11.3. The van der Waals surface area contributed by atoms with E-state index in [1.807, 2.05) is 20.8 Å². The zero-order chi connectivity index (χ0) is 14.1. The summed E-state index contributed by atoms with van der Waals surface area (Å²) in [4.78, 5) is 0. The minimum absolute atomic E-state index is 0.165. The Balaban J connectivity index is 3.02. The van der Waals surface area contributed by atoms with Crippen LogP contribution in [0.15, 0.2) is 12.1 Å². The zero-order valence-electron chi connectivity index (χ0n) is 11.3. The molecule has 0 fully saturated rings. The highest BCUT2D eigenvalue weighted by Crippen LogP contribution is 2.33. The van der Waals surface area contributed by atoms with E-state index in [1.165, 1.54) is 0 Å². The summed E-state index contributed by atoms with van der Waals surface area (Å²) in [5.41, 5.74) is 7.08. The Kier molecular flexibility index (Phi) is 3.96. The number of alkyl halides is 3. The Morgan fingerprint density at radius 2 is 1.39 bits per heavy atom. The van der Waals surface area contributed by atoms with Gasteiger partial charge < -0.3 is 5.43 Å². The van der Waals surface area contributed by atoms with Gasteiger partial charge in [0.2, 0.25) is 0 Å². The summed E-state index contributed by atoms with van der Waals surface area (Å²) in [6.45, 7) is 9.22. The summed E-state index contributed by atoms with van der Waals surface area (Å²) in [6.07, 6.45) is -4.30. The molecule has 0 heterocycles. The van der Waals surface area contributed by atoms with Crippen molar-refractivity contribution >= 4 is 5.69 Å². The Hall–Kier alpha value is -1.23. The van der Waals surface area contributed by atoms with E-state index in [4.69, 9.17) is 0 Å². The van der Waals surface area contributed by atoms with E-state index < -0.39 is 11.7 Å². The molecule has 0 saturated heterocycles. The molecular weight excluding hydrogens is 241 g/mol. The second kappa shape index (κ2) is 4.80. The Morgan fingerprint density at radius 1 is 0.944 bits per heavy atom. The maximum Gasteiger partial charge on any atom is 0.416 e. The van der Waals surface area contributed by atoms with E-state index in [-0.39, 0.29) is 5.54 Å². The minimum Gasteiger partial charge on any atom is -0.320 e. The number of hydrazine groups is 1. The van der Waals surface area contributed by atoms with Gasteiger partial charge in [-0.05, 0) is 57.9 Å². The first-order chi connectivity index (χ1) is 8.00. The van der Waals surface area contributed by atoms with Gasteiger partial charge in [0.25, 0.3) is 0 Å². The van der Waals surface area contributed by atoms with Gasteiger partial charge in [0.05, 0.1) is 11.3 Å². The molecule has 1 rings (SSSR count). The van der Waals surface area contributed by atoms with Crippen molar-refractivity contribution in [3.05, 3.63) is 28.8 Å². The normalized spacial score (nSPS) is 12.7. The second-order valence-electron chi connectivity index (χ2n) is 5.48. The Labute approximate surface area is 106 Å². The first-order valence-corrected chi connectivity index (χ1v) is 5.72. The third kappa shape index (κ3) is 3.91. The van der Waals surface area contributed by atoms with Gasteiger partial charge in [-0.1, -0.05) is 0 Å². The smallest absolute Gasteiger partial charge is 0.320 e. The molecule has 0 saturated carbocycles. The van der Waals surface area contributed by atoms with Crippen LogP contribution in [0.2, 0.25) is 0 Å². The first kappa shape index (κ1) is 14.8. The molecule has 102 valence electrons. The molecule has 0 atom stereocenters. The van der Waals surface area contributed by atoms with Gasteiger partial charge in [-0.25, -0.2) is 5.43 Å². The maximum absolute atomic E-state index is 12.6. The highest BCUT2D eigenvalue weighted by atomic mass is 19.4. The highest BCUT2D eigenvalue weighted by molar-refractivity contribution is 5.58. The molecule has 0 amide bonds. The van der Waals surface area contributed by atoms with Gasteiger partial charge in [-0.2, -0.15) is 13.2 Å². The summed E-state index contributed by atoms with van der Waals surface area (Å²) in [5.74, 6) is 0. The molecule has 0 aromatic heterocycles. The van der Waals surface area contributed by atoms with Crippen molar-refractivity contribution < 1.29 is 13.2 Å². The summed E-state index contributed by atoms with van der Waals surface area (Å²) < 4.78 is 37.9. The van der Waals surface area contributed by atoms with Gasteiger partial charge in [0.1, 0.15) is 0 Å². The summed E-state index contributed by atoms with van der Waals surface area (Å²) in [7, 11) is 0. The molecule has 2 N–H and O–H groups in total. The molecule has 0 unspecified atom stereocenters. The summed E-state index contributed by atoms with van der Waals surface area (Å²) >= 11 is 0. The fraction of sp³-hybridized carbons (Fsp3) is 0.538. The van der Waals surface area contributed by atoms with Crippen LogP contribution in [0.3, 0.4) is 0 Å². The third-order valence-electron chi connectivity index (χ3n) is 2.42. The van der Waals surface area contributed by atoms with Crippen molar-refractivity contribution in [3.63, 3.8) is 0 Å². The van der Waals surface area contributed by atoms with Crippen molar-refractivity contribution in [2.45, 2.75) is 46.3 Å². The van der Waals surface area contributed by atoms with Gasteiger partial charge in [-0.3, -0.25) is 0 Å². The summed E-state index contributed by atoms with van der Waals surface area (Å²) in [6, 6.07) is 2.30. The summed E-state index contributed by atoms with van der Waals surface area (Å²) in [5, 5.41) is 0. The van der Waals surface area contributed by atoms with Crippen molar-refractivity contribution in [1.29, 1.82) is 0 Å². The fourth-order valence-corrected chi connectivity index (χ4v) is 1.57. The van der Waals surface area contributed by atoms with Crippen LogP contribution in [0.5, 0.6) is 0 Å². The van der Waals surface area contributed by atoms with Crippen molar-refractivity contribution in [2.24, 2.45) is 0 Å². The fourth-order valence-electron chi connectivity index (χ4n) is 1.57. The standard InChI is InChI=1S/C13H19F3N2/c1-8-6-10(13(14,15)16)7-9(2)11(8)17-18-12(3,4)5/h6-7,17-18H,1-5H3. The SMILES string of the molecule is Cc1cc(C(F)(F)F)cc(C)c1NNC(C)(C)C. The van der Waals surface area contributed by atoms with E-state index in [9.17, 15) is 13.2 Å². The number of halogens is 3. The van der Waals surface area contributed by atoms with E-state index in [0.29, 0.717) is 16.8 Å². The molecular formula is C13H19F3N2. The number of hydrogen-bond donors (Lipinski definition) is 2. The lowest BCUT2D eigenvalue weighted by atomic mass is 10.0. The largest absolute Gasteiger partial charge is 0.416 e. The quantitative estimate of drug-likeness (QED) is 0.784. The van der Waals surface area contributed by atoms with Gasteiger partial charge in [0.15, 0.2) is 0 Å². The predicted octanol–water partition coefficient (Wildman–Crippen LogP) is 4.04. The lowest BCUT2D eigenvalue weighted by molar-refractivity contribution is -0.137. The molecule has 0 aliphatic carbocycles. The molecule has 0 radical (unpaired) electrons. The first-order valence-electron chi connectivity index (χ1n) is 5.72. The molecule has 1 aromatic carbocycles. The number of rotatable bonds is 2. The number of nitrogens with one attached hydrogen (secondary N) is 2. The van der Waals surface area contributed by atoms with Gasteiger partial charge in [-0.15, -0.1) is 0 Å². The highest BCUT2D eigenvalue weighted by Gasteiger charge is 2.31. The van der Waals surface area contributed by atoms with Crippen LogP contribution in [-0.4, -0.2) is 5.54 Å². The van der Waals surface area contributed by atoms with E-state index in [2.05, 4.69) is 10.9 Å². The number of benzene rings is 1. The number of hydrogen-bond acceptors (Lipinski definition) is 2. The molecule has 0 aliphatic heterocycles. The van der Waals surface area contributed by atoms with E-state index >= 15 is 0 Å². The molecule has 0 spiro atoms. The maximum atomic E-state index is 12.6. The third-order valence-corrected chi connectivity index (χ3v) is 2.42. The molecule has 1 aromatic rings. The topological polar surface area (TPSA) is 24.1 Å². The van der Waals surface area contributed by atoms with Crippen LogP contribution in [-0.2, 0) is 6.18 Å². The monoisotopic (exact) mass is 260 g/mol. The Morgan fingerprint density at radius 3 is 1.72 bits per heavy atom. The van der Waals surface area contributed by atoms with Crippen LogP contribution < -0.4 is 10.9 Å². The van der Waals surface area contributed by atoms with E-state index in [1.54, 1.807) is 13.8 Å². The van der Waals surface area contributed by atoms with Crippen LogP contribution in [0.25, 0.3) is 0 Å².